The average Bonchev–Trinajstić information content (AvgIpc) is 3.20. The lowest BCUT2D eigenvalue weighted by Crippen LogP contribution is -2.37. The van der Waals surface area contributed by atoms with E-state index in [9.17, 15) is 9.90 Å². The SMILES string of the molecule is O=c1[nH]ncc2nc(N3CCCCCC3)nc(Nc3ccc(OCCN4CCC(CO)CC4)cc3)c12. The highest BCUT2D eigenvalue weighted by Crippen LogP contribution is 2.26. The van der Waals surface area contributed by atoms with E-state index in [0.29, 0.717) is 41.8 Å². The maximum atomic E-state index is 12.6. The smallest absolute Gasteiger partial charge is 0.277 e. The molecule has 5 rings (SSSR count). The van der Waals surface area contributed by atoms with Gasteiger partial charge in [-0.3, -0.25) is 9.69 Å². The topological polar surface area (TPSA) is 120 Å². The monoisotopic (exact) mass is 493 g/mol. The zero-order valence-corrected chi connectivity index (χ0v) is 20.7. The lowest BCUT2D eigenvalue weighted by molar-refractivity contribution is 0.119. The fourth-order valence-electron chi connectivity index (χ4n) is 4.95. The predicted molar refractivity (Wildman–Crippen MR) is 140 cm³/mol. The molecule has 0 bridgehead atoms. The summed E-state index contributed by atoms with van der Waals surface area (Å²) in [6.45, 7) is 5.63. The lowest BCUT2D eigenvalue weighted by atomic mass is 9.98. The molecule has 2 aromatic heterocycles. The number of hydrogen-bond donors (Lipinski definition) is 3. The summed E-state index contributed by atoms with van der Waals surface area (Å²) in [6.07, 6.45) is 8.33. The molecule has 36 heavy (non-hydrogen) atoms. The quantitative estimate of drug-likeness (QED) is 0.435. The summed E-state index contributed by atoms with van der Waals surface area (Å²) in [6, 6.07) is 7.70. The standard InChI is InChI=1S/C26H35N7O3/c34-18-19-9-13-32(14-10-19)15-16-36-21-7-5-20(6-8-21)28-24-23-22(17-27-31-25(23)35)29-26(30-24)33-11-3-1-2-4-12-33/h5-8,17,19,34H,1-4,9-16,18H2,(H,31,35)(H,28,29,30). The first kappa shape index (κ1) is 24.5. The van der Waals surface area contributed by atoms with E-state index < -0.39 is 0 Å². The normalized spacial score (nSPS) is 17.8. The van der Waals surface area contributed by atoms with E-state index in [4.69, 9.17) is 9.72 Å². The van der Waals surface area contributed by atoms with Gasteiger partial charge in [-0.15, -0.1) is 0 Å². The van der Waals surface area contributed by atoms with Crippen molar-refractivity contribution in [1.29, 1.82) is 0 Å². The maximum absolute atomic E-state index is 12.6. The number of aliphatic hydroxyl groups is 1. The Bertz CT molecular complexity index is 1180. The zero-order chi connectivity index (χ0) is 24.7. The molecule has 4 heterocycles. The first-order valence-corrected chi connectivity index (χ1v) is 13.0. The molecule has 2 saturated heterocycles. The summed E-state index contributed by atoms with van der Waals surface area (Å²) in [4.78, 5) is 26.6. The Morgan fingerprint density at radius 2 is 1.78 bits per heavy atom. The van der Waals surface area contributed by atoms with Crippen LogP contribution in [0, 0.1) is 5.92 Å². The molecule has 0 aliphatic carbocycles. The van der Waals surface area contributed by atoms with Crippen LogP contribution in [-0.4, -0.2) is 76.1 Å². The number of anilines is 3. The van der Waals surface area contributed by atoms with E-state index in [1.54, 1.807) is 6.20 Å². The summed E-state index contributed by atoms with van der Waals surface area (Å²) >= 11 is 0. The van der Waals surface area contributed by atoms with Gasteiger partial charge in [-0.25, -0.2) is 10.1 Å². The van der Waals surface area contributed by atoms with E-state index in [1.807, 2.05) is 24.3 Å². The van der Waals surface area contributed by atoms with Crippen LogP contribution < -0.4 is 20.5 Å². The minimum atomic E-state index is -0.319. The van der Waals surface area contributed by atoms with Crippen molar-refractivity contribution in [2.24, 2.45) is 5.92 Å². The molecule has 0 unspecified atom stereocenters. The van der Waals surface area contributed by atoms with Gasteiger partial charge < -0.3 is 20.1 Å². The second-order valence-corrected chi connectivity index (χ2v) is 9.70. The third-order valence-corrected chi connectivity index (χ3v) is 7.15. The number of nitrogens with zero attached hydrogens (tertiary/aromatic N) is 5. The zero-order valence-electron chi connectivity index (χ0n) is 20.7. The number of piperidine rings is 1. The molecule has 0 amide bonds. The Morgan fingerprint density at radius 3 is 2.50 bits per heavy atom. The van der Waals surface area contributed by atoms with Gasteiger partial charge in [0, 0.05) is 31.9 Å². The largest absolute Gasteiger partial charge is 0.492 e. The summed E-state index contributed by atoms with van der Waals surface area (Å²) in [7, 11) is 0. The van der Waals surface area contributed by atoms with Crippen molar-refractivity contribution < 1.29 is 9.84 Å². The Morgan fingerprint density at radius 1 is 1.03 bits per heavy atom. The number of fused-ring (bicyclic) bond motifs is 1. The molecule has 192 valence electrons. The molecule has 1 aromatic carbocycles. The van der Waals surface area contributed by atoms with Crippen LogP contribution in [-0.2, 0) is 0 Å². The molecule has 2 aliphatic heterocycles. The Balaban J connectivity index is 1.26. The number of rotatable bonds is 8. The minimum Gasteiger partial charge on any atom is -0.492 e. The summed E-state index contributed by atoms with van der Waals surface area (Å²) in [5.41, 5.74) is 1.02. The van der Waals surface area contributed by atoms with Gasteiger partial charge in [-0.1, -0.05) is 12.8 Å². The second kappa shape index (κ2) is 11.7. The molecule has 3 aromatic rings. The van der Waals surface area contributed by atoms with Crippen molar-refractivity contribution >= 4 is 28.4 Å². The van der Waals surface area contributed by atoms with Crippen molar-refractivity contribution in [2.75, 3.05) is 56.2 Å². The third kappa shape index (κ3) is 5.93. The van der Waals surface area contributed by atoms with Crippen molar-refractivity contribution in [1.82, 2.24) is 25.1 Å². The molecule has 0 spiro atoms. The molecule has 10 heteroatoms. The maximum Gasteiger partial charge on any atom is 0.277 e. The van der Waals surface area contributed by atoms with Gasteiger partial charge in [0.1, 0.15) is 29.1 Å². The summed E-state index contributed by atoms with van der Waals surface area (Å²) in [5, 5.41) is 19.4. The van der Waals surface area contributed by atoms with Crippen LogP contribution in [0.4, 0.5) is 17.5 Å². The van der Waals surface area contributed by atoms with Gasteiger partial charge in [0.05, 0.1) is 6.20 Å². The van der Waals surface area contributed by atoms with Gasteiger partial charge in [-0.05, 0) is 69.0 Å². The highest BCUT2D eigenvalue weighted by molar-refractivity contribution is 5.90. The number of aromatic nitrogens is 4. The van der Waals surface area contributed by atoms with Gasteiger partial charge in [0.25, 0.3) is 5.56 Å². The number of aromatic amines is 1. The van der Waals surface area contributed by atoms with Crippen LogP contribution in [0.25, 0.3) is 10.9 Å². The van der Waals surface area contributed by atoms with Crippen molar-refractivity contribution in [3.05, 3.63) is 40.8 Å². The molecular formula is C26H35N7O3. The van der Waals surface area contributed by atoms with Crippen molar-refractivity contribution in [2.45, 2.75) is 38.5 Å². The van der Waals surface area contributed by atoms with Gasteiger partial charge in [-0.2, -0.15) is 10.1 Å². The van der Waals surface area contributed by atoms with E-state index in [2.05, 4.69) is 30.3 Å². The molecule has 10 nitrogen and oxygen atoms in total. The van der Waals surface area contributed by atoms with Crippen LogP contribution in [0.3, 0.4) is 0 Å². The number of likely N-dealkylation sites (tertiary alicyclic amines) is 1. The fraction of sp³-hybridized carbons (Fsp3) is 0.538. The Hall–Kier alpha value is -3.24. The van der Waals surface area contributed by atoms with E-state index in [-0.39, 0.29) is 5.56 Å². The molecule has 2 aliphatic rings. The molecule has 3 N–H and O–H groups in total. The Labute approximate surface area is 210 Å². The number of ether oxygens (including phenoxy) is 1. The number of hydrogen-bond acceptors (Lipinski definition) is 9. The predicted octanol–water partition coefficient (Wildman–Crippen LogP) is 2.92. The van der Waals surface area contributed by atoms with Crippen LogP contribution in [0.1, 0.15) is 38.5 Å². The average molecular weight is 494 g/mol. The van der Waals surface area contributed by atoms with Crippen LogP contribution >= 0.6 is 0 Å². The molecular weight excluding hydrogens is 458 g/mol. The number of benzene rings is 1. The van der Waals surface area contributed by atoms with E-state index >= 15 is 0 Å². The first-order chi connectivity index (χ1) is 17.7. The van der Waals surface area contributed by atoms with Crippen LogP contribution in [0.5, 0.6) is 5.75 Å². The number of nitrogens with one attached hydrogen (secondary N) is 2. The highest BCUT2D eigenvalue weighted by atomic mass is 16.5. The second-order valence-electron chi connectivity index (χ2n) is 9.70. The van der Waals surface area contributed by atoms with Gasteiger partial charge in [0.2, 0.25) is 5.95 Å². The number of H-pyrrole nitrogens is 1. The van der Waals surface area contributed by atoms with Gasteiger partial charge in [0.15, 0.2) is 0 Å². The van der Waals surface area contributed by atoms with E-state index in [1.165, 1.54) is 12.8 Å². The van der Waals surface area contributed by atoms with Crippen LogP contribution in [0.2, 0.25) is 0 Å². The van der Waals surface area contributed by atoms with Crippen molar-refractivity contribution in [3.8, 4) is 5.75 Å². The number of aliphatic hydroxyl groups excluding tert-OH is 1. The van der Waals surface area contributed by atoms with Crippen molar-refractivity contribution in [3.63, 3.8) is 0 Å². The lowest BCUT2D eigenvalue weighted by Gasteiger charge is -2.30. The minimum absolute atomic E-state index is 0.292. The summed E-state index contributed by atoms with van der Waals surface area (Å²) in [5.74, 6) is 2.34. The molecule has 0 atom stereocenters. The Kier molecular flexibility index (Phi) is 7.92. The van der Waals surface area contributed by atoms with Gasteiger partial charge >= 0.3 is 0 Å². The fourth-order valence-corrected chi connectivity index (χ4v) is 4.95. The first-order valence-electron chi connectivity index (χ1n) is 13.0. The summed E-state index contributed by atoms with van der Waals surface area (Å²) < 4.78 is 5.95. The molecule has 0 radical (unpaired) electrons. The van der Waals surface area contributed by atoms with Crippen LogP contribution in [0.15, 0.2) is 35.3 Å². The molecule has 2 fully saturated rings. The third-order valence-electron chi connectivity index (χ3n) is 7.15. The van der Waals surface area contributed by atoms with E-state index in [0.717, 1.165) is 69.8 Å². The highest BCUT2D eigenvalue weighted by Gasteiger charge is 2.19. The molecule has 0 saturated carbocycles.